The fraction of sp³-hybridized carbons (Fsp3) is 0.455. The molecule has 0 aliphatic rings. The SMILES string of the molecule is OC(CC(F)(F)C(F)(F)C(F)(F)F)c1ccc(F)cc1. The molecule has 0 radical (unpaired) electrons. The van der Waals surface area contributed by atoms with Gasteiger partial charge in [0.05, 0.1) is 6.10 Å². The van der Waals surface area contributed by atoms with E-state index < -0.39 is 41.9 Å². The van der Waals surface area contributed by atoms with Crippen LogP contribution in [0.15, 0.2) is 24.3 Å². The highest BCUT2D eigenvalue weighted by atomic mass is 19.4. The monoisotopic (exact) mass is 308 g/mol. The van der Waals surface area contributed by atoms with Crippen LogP contribution in [0.25, 0.3) is 0 Å². The van der Waals surface area contributed by atoms with Crippen LogP contribution in [0.4, 0.5) is 35.1 Å². The van der Waals surface area contributed by atoms with Crippen LogP contribution >= 0.6 is 0 Å². The molecule has 1 aromatic rings. The second-order valence-corrected chi connectivity index (χ2v) is 4.05. The van der Waals surface area contributed by atoms with Gasteiger partial charge in [0.2, 0.25) is 0 Å². The topological polar surface area (TPSA) is 20.2 Å². The van der Waals surface area contributed by atoms with E-state index in [1.807, 2.05) is 0 Å². The molecule has 0 fully saturated rings. The Morgan fingerprint density at radius 3 is 1.75 bits per heavy atom. The van der Waals surface area contributed by atoms with Crippen LogP contribution in [0.1, 0.15) is 18.1 Å². The maximum absolute atomic E-state index is 13.0. The zero-order valence-corrected chi connectivity index (χ0v) is 9.56. The molecule has 0 bridgehead atoms. The van der Waals surface area contributed by atoms with Gasteiger partial charge in [0.15, 0.2) is 0 Å². The Bertz CT molecular complexity index is 450. The summed E-state index contributed by atoms with van der Waals surface area (Å²) in [4.78, 5) is 0. The Morgan fingerprint density at radius 2 is 1.35 bits per heavy atom. The van der Waals surface area contributed by atoms with Crippen LogP contribution in [-0.4, -0.2) is 23.1 Å². The van der Waals surface area contributed by atoms with E-state index in [0.717, 1.165) is 24.3 Å². The minimum Gasteiger partial charge on any atom is -0.388 e. The molecule has 1 unspecified atom stereocenters. The lowest BCUT2D eigenvalue weighted by Gasteiger charge is -2.29. The van der Waals surface area contributed by atoms with E-state index in [0.29, 0.717) is 0 Å². The molecule has 0 heterocycles. The van der Waals surface area contributed by atoms with Crippen molar-refractivity contribution in [3.05, 3.63) is 35.6 Å². The first-order chi connectivity index (χ1) is 8.88. The van der Waals surface area contributed by atoms with E-state index in [-0.39, 0.29) is 0 Å². The molecule has 0 aliphatic heterocycles. The van der Waals surface area contributed by atoms with Crippen molar-refractivity contribution in [1.29, 1.82) is 0 Å². The smallest absolute Gasteiger partial charge is 0.388 e. The molecule has 0 saturated heterocycles. The van der Waals surface area contributed by atoms with Gasteiger partial charge in [0.25, 0.3) is 0 Å². The summed E-state index contributed by atoms with van der Waals surface area (Å²) in [5.41, 5.74) is -0.399. The first kappa shape index (κ1) is 16.7. The van der Waals surface area contributed by atoms with E-state index in [1.165, 1.54) is 0 Å². The molecule has 20 heavy (non-hydrogen) atoms. The molecule has 1 nitrogen and oxygen atoms in total. The van der Waals surface area contributed by atoms with Crippen molar-refractivity contribution in [2.24, 2.45) is 0 Å². The number of aliphatic hydroxyl groups excluding tert-OH is 1. The van der Waals surface area contributed by atoms with Gasteiger partial charge in [-0.2, -0.15) is 30.7 Å². The lowest BCUT2D eigenvalue weighted by molar-refractivity contribution is -0.358. The summed E-state index contributed by atoms with van der Waals surface area (Å²) < 4.78 is 99.4. The van der Waals surface area contributed by atoms with Gasteiger partial charge >= 0.3 is 18.0 Å². The Balaban J connectivity index is 2.93. The third kappa shape index (κ3) is 3.20. The molecule has 9 heteroatoms. The van der Waals surface area contributed by atoms with Gasteiger partial charge in [-0.1, -0.05) is 12.1 Å². The highest BCUT2D eigenvalue weighted by Gasteiger charge is 2.72. The van der Waals surface area contributed by atoms with Crippen molar-refractivity contribution in [3.63, 3.8) is 0 Å². The summed E-state index contributed by atoms with van der Waals surface area (Å²) in [6.45, 7) is 0. The van der Waals surface area contributed by atoms with E-state index in [9.17, 15) is 40.2 Å². The molecule has 0 spiro atoms. The molecule has 1 atom stereocenters. The van der Waals surface area contributed by atoms with Crippen LogP contribution in [-0.2, 0) is 0 Å². The van der Waals surface area contributed by atoms with Crippen molar-refractivity contribution in [2.45, 2.75) is 30.5 Å². The first-order valence-corrected chi connectivity index (χ1v) is 5.14. The quantitative estimate of drug-likeness (QED) is 0.831. The molecular weight excluding hydrogens is 300 g/mol. The number of benzene rings is 1. The number of halogens is 8. The lowest BCUT2D eigenvalue weighted by atomic mass is 9.99. The van der Waals surface area contributed by atoms with Gasteiger partial charge in [0, 0.05) is 6.42 Å². The Hall–Kier alpha value is -1.38. The zero-order chi connectivity index (χ0) is 15.8. The van der Waals surface area contributed by atoms with Gasteiger partial charge in [-0.3, -0.25) is 0 Å². The highest BCUT2D eigenvalue weighted by molar-refractivity contribution is 5.19. The van der Waals surface area contributed by atoms with Crippen molar-refractivity contribution in [2.75, 3.05) is 0 Å². The van der Waals surface area contributed by atoms with Gasteiger partial charge in [-0.25, -0.2) is 4.39 Å². The highest BCUT2D eigenvalue weighted by Crippen LogP contribution is 2.49. The summed E-state index contributed by atoms with van der Waals surface area (Å²) in [7, 11) is 0. The lowest BCUT2D eigenvalue weighted by Crippen LogP contribution is -2.52. The molecule has 1 rings (SSSR count). The zero-order valence-electron chi connectivity index (χ0n) is 9.56. The Morgan fingerprint density at radius 1 is 0.900 bits per heavy atom. The number of alkyl halides is 7. The van der Waals surface area contributed by atoms with Crippen LogP contribution in [0, 0.1) is 5.82 Å². The summed E-state index contributed by atoms with van der Waals surface area (Å²) in [6.07, 6.45) is -10.9. The van der Waals surface area contributed by atoms with Crippen molar-refractivity contribution < 1.29 is 40.2 Å². The summed E-state index contributed by atoms with van der Waals surface area (Å²) >= 11 is 0. The average molecular weight is 308 g/mol. The Kier molecular flexibility index (Phi) is 4.33. The molecule has 0 aliphatic carbocycles. The van der Waals surface area contributed by atoms with Gasteiger partial charge in [0.1, 0.15) is 5.82 Å². The van der Waals surface area contributed by atoms with Gasteiger partial charge in [-0.05, 0) is 17.7 Å². The third-order valence-corrected chi connectivity index (χ3v) is 2.52. The minimum absolute atomic E-state index is 0.399. The van der Waals surface area contributed by atoms with Gasteiger partial charge < -0.3 is 5.11 Å². The number of hydrogen-bond acceptors (Lipinski definition) is 1. The molecular formula is C11H8F8O. The third-order valence-electron chi connectivity index (χ3n) is 2.52. The van der Waals surface area contributed by atoms with E-state index in [1.54, 1.807) is 0 Å². The van der Waals surface area contributed by atoms with E-state index >= 15 is 0 Å². The predicted molar refractivity (Wildman–Crippen MR) is 51.9 cm³/mol. The maximum Gasteiger partial charge on any atom is 0.459 e. The molecule has 1 N–H and O–H groups in total. The second kappa shape index (κ2) is 5.19. The first-order valence-electron chi connectivity index (χ1n) is 5.14. The fourth-order valence-corrected chi connectivity index (χ4v) is 1.38. The summed E-state index contributed by atoms with van der Waals surface area (Å²) in [5.74, 6) is -12.6. The molecule has 0 aromatic heterocycles. The molecule has 0 saturated carbocycles. The Labute approximate surface area is 107 Å². The van der Waals surface area contributed by atoms with Crippen LogP contribution in [0.2, 0.25) is 0 Å². The molecule has 114 valence electrons. The predicted octanol–water partition coefficient (Wildman–Crippen LogP) is 4.08. The standard InChI is InChI=1S/C11H8F8O/c12-7-3-1-6(2-4-7)8(20)5-9(13,14)10(15,16)11(17,18)19/h1-4,8,20H,5H2. The van der Waals surface area contributed by atoms with Crippen molar-refractivity contribution >= 4 is 0 Å². The summed E-state index contributed by atoms with van der Waals surface area (Å²) in [5, 5.41) is 9.27. The number of aliphatic hydroxyl groups is 1. The van der Waals surface area contributed by atoms with Crippen LogP contribution in [0.3, 0.4) is 0 Å². The van der Waals surface area contributed by atoms with Gasteiger partial charge in [-0.15, -0.1) is 0 Å². The fourth-order valence-electron chi connectivity index (χ4n) is 1.38. The minimum atomic E-state index is -6.45. The normalized spacial score (nSPS) is 15.2. The van der Waals surface area contributed by atoms with Crippen LogP contribution in [0.5, 0.6) is 0 Å². The molecule has 0 amide bonds. The van der Waals surface area contributed by atoms with Crippen molar-refractivity contribution in [3.8, 4) is 0 Å². The van der Waals surface area contributed by atoms with E-state index in [4.69, 9.17) is 0 Å². The van der Waals surface area contributed by atoms with E-state index in [2.05, 4.69) is 0 Å². The molecule has 1 aromatic carbocycles. The largest absolute Gasteiger partial charge is 0.459 e. The van der Waals surface area contributed by atoms with Crippen LogP contribution < -0.4 is 0 Å². The average Bonchev–Trinajstić information content (AvgIpc) is 2.27. The number of rotatable bonds is 4. The second-order valence-electron chi connectivity index (χ2n) is 4.05. The summed E-state index contributed by atoms with van der Waals surface area (Å²) in [6, 6.07) is 3.11. The maximum atomic E-state index is 13.0. The van der Waals surface area contributed by atoms with Crippen molar-refractivity contribution in [1.82, 2.24) is 0 Å². The number of hydrogen-bond donors (Lipinski definition) is 1.